The summed E-state index contributed by atoms with van der Waals surface area (Å²) in [6.45, 7) is 4.24. The van der Waals surface area contributed by atoms with Crippen molar-refractivity contribution in [3.63, 3.8) is 0 Å². The zero-order valence-electron chi connectivity index (χ0n) is 12.7. The molecule has 0 aliphatic carbocycles. The van der Waals surface area contributed by atoms with Crippen LogP contribution >= 0.6 is 15.9 Å². The minimum Gasteiger partial charge on any atom is -0.462 e. The highest BCUT2D eigenvalue weighted by Crippen LogP contribution is 2.12. The Kier molecular flexibility index (Phi) is 9.88. The quantitative estimate of drug-likeness (QED) is 0.281. The maximum atomic E-state index is 11.7. The maximum Gasteiger partial charge on any atom is 0.338 e. The number of benzene rings is 1. The zero-order chi connectivity index (χ0) is 15.3. The van der Waals surface area contributed by atoms with Crippen molar-refractivity contribution in [1.82, 2.24) is 0 Å². The molecule has 0 amide bonds. The molecule has 0 aliphatic rings. The number of rotatable bonds is 11. The normalized spacial score (nSPS) is 10.3. The first-order chi connectivity index (χ1) is 10.2. The summed E-state index contributed by atoms with van der Waals surface area (Å²) in [5.41, 5.74) is 0.611. The highest BCUT2D eigenvalue weighted by atomic mass is 79.9. The zero-order valence-corrected chi connectivity index (χ0v) is 14.2. The smallest absolute Gasteiger partial charge is 0.338 e. The van der Waals surface area contributed by atoms with Crippen LogP contribution in [0, 0.1) is 0 Å². The van der Waals surface area contributed by atoms with E-state index in [0.717, 1.165) is 23.7 Å². The van der Waals surface area contributed by atoms with Crippen molar-refractivity contribution < 1.29 is 9.53 Å². The second-order valence-corrected chi connectivity index (χ2v) is 6.11. The van der Waals surface area contributed by atoms with E-state index in [1.54, 1.807) is 12.1 Å². The Morgan fingerprint density at radius 2 is 1.57 bits per heavy atom. The maximum absolute atomic E-state index is 11.7. The van der Waals surface area contributed by atoms with Crippen molar-refractivity contribution in [2.75, 3.05) is 6.61 Å². The van der Waals surface area contributed by atoms with Gasteiger partial charge in [-0.05, 0) is 43.5 Å². The van der Waals surface area contributed by atoms with Gasteiger partial charge in [0.25, 0.3) is 0 Å². The first-order valence-corrected chi connectivity index (χ1v) is 8.57. The van der Waals surface area contributed by atoms with E-state index in [1.807, 2.05) is 18.2 Å². The number of esters is 1. The molecule has 0 aromatic heterocycles. The van der Waals surface area contributed by atoms with Gasteiger partial charge in [-0.25, -0.2) is 4.79 Å². The summed E-state index contributed by atoms with van der Waals surface area (Å²) >= 11 is 3.35. The van der Waals surface area contributed by atoms with Gasteiger partial charge in [0.1, 0.15) is 0 Å². The highest BCUT2D eigenvalue weighted by Gasteiger charge is 2.05. The molecular weight excluding hydrogens is 328 g/mol. The van der Waals surface area contributed by atoms with Gasteiger partial charge in [0.15, 0.2) is 0 Å². The van der Waals surface area contributed by atoms with Crippen molar-refractivity contribution >= 4 is 21.9 Å². The molecule has 0 unspecified atom stereocenters. The number of ether oxygens (including phenoxy) is 1. The summed E-state index contributed by atoms with van der Waals surface area (Å²) in [5.74, 6) is -0.230. The second kappa shape index (κ2) is 11.6. The van der Waals surface area contributed by atoms with Gasteiger partial charge < -0.3 is 4.74 Å². The molecule has 1 aromatic rings. The van der Waals surface area contributed by atoms with Crippen LogP contribution in [0.25, 0.3) is 0 Å². The van der Waals surface area contributed by atoms with Crippen LogP contribution in [-0.4, -0.2) is 12.6 Å². The van der Waals surface area contributed by atoms with Crippen molar-refractivity contribution in [2.45, 2.75) is 51.4 Å². The Bertz CT molecular complexity index is 412. The van der Waals surface area contributed by atoms with Crippen molar-refractivity contribution in [2.24, 2.45) is 0 Å². The van der Waals surface area contributed by atoms with Crippen LogP contribution in [0.3, 0.4) is 0 Å². The molecule has 0 atom stereocenters. The Morgan fingerprint density at radius 3 is 2.19 bits per heavy atom. The number of allylic oxidation sites excluding steroid dienone is 1. The predicted molar refractivity (Wildman–Crippen MR) is 91.6 cm³/mol. The molecule has 2 nitrogen and oxygen atoms in total. The van der Waals surface area contributed by atoms with Crippen LogP contribution in [0.5, 0.6) is 0 Å². The Labute approximate surface area is 136 Å². The molecule has 3 heteroatoms. The van der Waals surface area contributed by atoms with Gasteiger partial charge in [-0.15, -0.1) is 6.58 Å². The molecular formula is C18H25BrO2. The van der Waals surface area contributed by atoms with E-state index in [0.29, 0.717) is 12.2 Å². The van der Waals surface area contributed by atoms with Crippen molar-refractivity contribution in [3.8, 4) is 0 Å². The minimum absolute atomic E-state index is 0.230. The monoisotopic (exact) mass is 352 g/mol. The van der Waals surface area contributed by atoms with Crippen molar-refractivity contribution in [1.29, 1.82) is 0 Å². The van der Waals surface area contributed by atoms with Crippen LogP contribution in [-0.2, 0) is 4.74 Å². The summed E-state index contributed by atoms with van der Waals surface area (Å²) in [6, 6.07) is 7.25. The second-order valence-electron chi connectivity index (χ2n) is 5.20. The first kappa shape index (κ1) is 18.0. The molecule has 0 spiro atoms. The van der Waals surface area contributed by atoms with E-state index in [1.165, 1.54) is 32.1 Å². The van der Waals surface area contributed by atoms with Gasteiger partial charge >= 0.3 is 5.97 Å². The van der Waals surface area contributed by atoms with Crippen LogP contribution in [0.1, 0.15) is 61.7 Å². The first-order valence-electron chi connectivity index (χ1n) is 7.77. The minimum atomic E-state index is -0.230. The van der Waals surface area contributed by atoms with E-state index in [2.05, 4.69) is 22.5 Å². The molecule has 0 N–H and O–H groups in total. The topological polar surface area (TPSA) is 26.3 Å². The summed E-state index contributed by atoms with van der Waals surface area (Å²) < 4.78 is 6.23. The average molecular weight is 353 g/mol. The van der Waals surface area contributed by atoms with Gasteiger partial charge in [0, 0.05) is 4.47 Å². The SMILES string of the molecule is C=CCCCCCCCCCOC(=O)c1ccc(Br)cc1. The third kappa shape index (κ3) is 8.71. The standard InChI is InChI=1S/C18H25BrO2/c1-2-3-4-5-6-7-8-9-10-15-21-18(20)16-11-13-17(19)14-12-16/h2,11-14H,1,3-10,15H2. The van der Waals surface area contributed by atoms with E-state index >= 15 is 0 Å². The number of carbonyl (C=O) groups is 1. The summed E-state index contributed by atoms with van der Waals surface area (Å²) in [4.78, 5) is 11.7. The third-order valence-corrected chi connectivity index (χ3v) is 3.89. The lowest BCUT2D eigenvalue weighted by Gasteiger charge is -2.05. The fourth-order valence-corrected chi connectivity index (χ4v) is 2.37. The lowest BCUT2D eigenvalue weighted by Crippen LogP contribution is -2.06. The van der Waals surface area contributed by atoms with Crippen molar-refractivity contribution in [3.05, 3.63) is 47.0 Å². The summed E-state index contributed by atoms with van der Waals surface area (Å²) in [6.07, 6.45) is 11.6. The Balaban J connectivity index is 1.97. The lowest BCUT2D eigenvalue weighted by molar-refractivity contribution is 0.0497. The molecule has 0 saturated heterocycles. The van der Waals surface area contributed by atoms with E-state index in [9.17, 15) is 4.79 Å². The molecule has 21 heavy (non-hydrogen) atoms. The summed E-state index contributed by atoms with van der Waals surface area (Å²) in [5, 5.41) is 0. The van der Waals surface area contributed by atoms with E-state index in [-0.39, 0.29) is 5.97 Å². The number of carbonyl (C=O) groups excluding carboxylic acids is 1. The van der Waals surface area contributed by atoms with Gasteiger partial charge in [-0.1, -0.05) is 54.1 Å². The third-order valence-electron chi connectivity index (χ3n) is 3.37. The largest absolute Gasteiger partial charge is 0.462 e. The molecule has 0 bridgehead atoms. The fourth-order valence-electron chi connectivity index (χ4n) is 2.11. The molecule has 1 aromatic carbocycles. The molecule has 0 heterocycles. The lowest BCUT2D eigenvalue weighted by atomic mass is 10.1. The average Bonchev–Trinajstić information content (AvgIpc) is 2.49. The molecule has 116 valence electrons. The van der Waals surface area contributed by atoms with Gasteiger partial charge in [-0.2, -0.15) is 0 Å². The van der Waals surface area contributed by atoms with Crippen LogP contribution < -0.4 is 0 Å². The Hall–Kier alpha value is -1.09. The molecule has 0 saturated carbocycles. The number of halogens is 1. The highest BCUT2D eigenvalue weighted by molar-refractivity contribution is 9.10. The number of hydrogen-bond donors (Lipinski definition) is 0. The van der Waals surface area contributed by atoms with Crippen LogP contribution in [0.4, 0.5) is 0 Å². The molecule has 0 fully saturated rings. The predicted octanol–water partition coefficient (Wildman–Crippen LogP) is 5.91. The number of unbranched alkanes of at least 4 members (excludes halogenated alkanes) is 7. The van der Waals surface area contributed by atoms with E-state index in [4.69, 9.17) is 4.74 Å². The van der Waals surface area contributed by atoms with Gasteiger partial charge in [0.05, 0.1) is 12.2 Å². The molecule has 0 radical (unpaired) electrons. The van der Waals surface area contributed by atoms with Crippen LogP contribution in [0.15, 0.2) is 41.4 Å². The van der Waals surface area contributed by atoms with E-state index < -0.39 is 0 Å². The summed E-state index contributed by atoms with van der Waals surface area (Å²) in [7, 11) is 0. The van der Waals surface area contributed by atoms with Gasteiger partial charge in [0.2, 0.25) is 0 Å². The fraction of sp³-hybridized carbons (Fsp3) is 0.500. The van der Waals surface area contributed by atoms with Gasteiger partial charge in [-0.3, -0.25) is 0 Å². The van der Waals surface area contributed by atoms with Crippen LogP contribution in [0.2, 0.25) is 0 Å². The molecule has 0 aliphatic heterocycles. The Morgan fingerprint density at radius 1 is 1.00 bits per heavy atom. The molecule has 1 rings (SSSR count). The number of hydrogen-bond acceptors (Lipinski definition) is 2.